The summed E-state index contributed by atoms with van der Waals surface area (Å²) >= 11 is 1.45. The van der Waals surface area contributed by atoms with Crippen LogP contribution >= 0.6 is 11.8 Å². The van der Waals surface area contributed by atoms with E-state index in [4.69, 9.17) is 4.98 Å². The van der Waals surface area contributed by atoms with Crippen molar-refractivity contribution in [1.29, 1.82) is 0 Å². The van der Waals surface area contributed by atoms with Gasteiger partial charge in [-0.2, -0.15) is 4.31 Å². The summed E-state index contributed by atoms with van der Waals surface area (Å²) in [5.74, 6) is 0.636. The van der Waals surface area contributed by atoms with Gasteiger partial charge in [-0.15, -0.1) is 0 Å². The highest BCUT2D eigenvalue weighted by molar-refractivity contribution is 7.98. The third-order valence-electron chi connectivity index (χ3n) is 5.73. The van der Waals surface area contributed by atoms with Crippen molar-refractivity contribution in [2.45, 2.75) is 28.6 Å². The molecular formula is C25H23N3O3S2. The molecule has 0 spiro atoms. The Morgan fingerprint density at radius 3 is 2.39 bits per heavy atom. The van der Waals surface area contributed by atoms with Crippen LogP contribution in [0.25, 0.3) is 16.6 Å². The Bertz CT molecular complexity index is 1460. The molecule has 6 nitrogen and oxygen atoms in total. The van der Waals surface area contributed by atoms with Gasteiger partial charge in [-0.05, 0) is 48.7 Å². The highest BCUT2D eigenvalue weighted by Crippen LogP contribution is 2.27. The maximum atomic E-state index is 13.5. The van der Waals surface area contributed by atoms with Crippen molar-refractivity contribution in [2.24, 2.45) is 0 Å². The normalized spacial score (nSPS) is 14.7. The maximum absolute atomic E-state index is 13.5. The molecule has 0 saturated carbocycles. The van der Waals surface area contributed by atoms with E-state index in [-0.39, 0.29) is 10.5 Å². The third-order valence-corrected chi connectivity index (χ3v) is 8.64. The molecule has 0 aliphatic carbocycles. The van der Waals surface area contributed by atoms with Gasteiger partial charge in [-0.25, -0.2) is 13.4 Å². The second-order valence-electron chi connectivity index (χ2n) is 7.93. The monoisotopic (exact) mass is 477 g/mol. The van der Waals surface area contributed by atoms with E-state index >= 15 is 0 Å². The molecule has 1 aliphatic heterocycles. The molecule has 0 bridgehead atoms. The fraction of sp³-hybridized carbons (Fsp3) is 0.200. The van der Waals surface area contributed by atoms with E-state index in [1.807, 2.05) is 42.5 Å². The molecule has 0 amide bonds. The van der Waals surface area contributed by atoms with Crippen LogP contribution in [0, 0.1) is 0 Å². The number of aromatic nitrogens is 2. The second kappa shape index (κ2) is 9.13. The zero-order valence-electron chi connectivity index (χ0n) is 17.9. The van der Waals surface area contributed by atoms with E-state index in [2.05, 4.69) is 0 Å². The number of benzene rings is 3. The molecule has 1 aromatic heterocycles. The number of hydrogen-bond donors (Lipinski definition) is 0. The van der Waals surface area contributed by atoms with Crippen molar-refractivity contribution in [3.63, 3.8) is 0 Å². The smallest absolute Gasteiger partial charge is 0.266 e. The minimum atomic E-state index is -3.60. The number of rotatable bonds is 6. The summed E-state index contributed by atoms with van der Waals surface area (Å²) in [6.45, 7) is 1.06. The van der Waals surface area contributed by atoms with E-state index in [1.165, 1.54) is 20.6 Å². The zero-order chi connectivity index (χ0) is 22.8. The molecule has 168 valence electrons. The molecule has 5 rings (SSSR count). The minimum absolute atomic E-state index is 0.195. The molecule has 0 unspecified atom stereocenters. The molecule has 2 heterocycles. The molecule has 4 aromatic rings. The van der Waals surface area contributed by atoms with E-state index in [9.17, 15) is 13.2 Å². The van der Waals surface area contributed by atoms with Gasteiger partial charge >= 0.3 is 0 Å². The van der Waals surface area contributed by atoms with E-state index in [1.54, 1.807) is 36.4 Å². The molecule has 1 saturated heterocycles. The molecule has 0 N–H and O–H groups in total. The van der Waals surface area contributed by atoms with Gasteiger partial charge in [0, 0.05) is 18.8 Å². The first-order chi connectivity index (χ1) is 16.0. The van der Waals surface area contributed by atoms with Crippen molar-refractivity contribution < 1.29 is 8.42 Å². The number of para-hydroxylation sites is 1. The van der Waals surface area contributed by atoms with Crippen molar-refractivity contribution in [2.75, 3.05) is 13.1 Å². The summed E-state index contributed by atoms with van der Waals surface area (Å²) in [6.07, 6.45) is 1.74. The van der Waals surface area contributed by atoms with Crippen molar-refractivity contribution in [3.05, 3.63) is 94.8 Å². The SMILES string of the molecule is O=c1c2ccccc2nc(SCc2ccccc2)n1-c1cccc(S(=O)(=O)N2CCCC2)c1. The molecular weight excluding hydrogens is 454 g/mol. The van der Waals surface area contributed by atoms with Gasteiger partial charge < -0.3 is 0 Å². The first-order valence-electron chi connectivity index (χ1n) is 10.8. The molecule has 8 heteroatoms. The van der Waals surface area contributed by atoms with Gasteiger partial charge in [-0.1, -0.05) is 60.3 Å². The summed E-state index contributed by atoms with van der Waals surface area (Å²) in [5.41, 5.74) is 2.01. The van der Waals surface area contributed by atoms with Crippen LogP contribution in [0.3, 0.4) is 0 Å². The minimum Gasteiger partial charge on any atom is -0.268 e. The van der Waals surface area contributed by atoms with Crippen LogP contribution in [0.5, 0.6) is 0 Å². The Kier molecular flexibility index (Phi) is 6.05. The summed E-state index contributed by atoms with van der Waals surface area (Å²) in [6, 6.07) is 23.8. The first-order valence-corrected chi connectivity index (χ1v) is 13.3. The van der Waals surface area contributed by atoms with Gasteiger partial charge in [0.25, 0.3) is 5.56 Å². The largest absolute Gasteiger partial charge is 0.268 e. The van der Waals surface area contributed by atoms with Crippen molar-refractivity contribution >= 4 is 32.7 Å². The number of sulfonamides is 1. The van der Waals surface area contributed by atoms with Gasteiger partial charge in [0.1, 0.15) is 0 Å². The lowest BCUT2D eigenvalue weighted by molar-refractivity contribution is 0.477. The van der Waals surface area contributed by atoms with Crippen LogP contribution in [-0.4, -0.2) is 35.4 Å². The lowest BCUT2D eigenvalue weighted by Crippen LogP contribution is -2.28. The molecule has 1 fully saturated rings. The van der Waals surface area contributed by atoms with Crippen LogP contribution in [0.1, 0.15) is 18.4 Å². The van der Waals surface area contributed by atoms with Crippen LogP contribution < -0.4 is 5.56 Å². The van der Waals surface area contributed by atoms with Crippen molar-refractivity contribution in [1.82, 2.24) is 13.9 Å². The Labute approximate surface area is 197 Å². The van der Waals surface area contributed by atoms with Crippen molar-refractivity contribution in [3.8, 4) is 5.69 Å². The Morgan fingerprint density at radius 2 is 1.61 bits per heavy atom. The first kappa shape index (κ1) is 21.9. The number of thioether (sulfide) groups is 1. The Hall–Kier alpha value is -2.94. The maximum Gasteiger partial charge on any atom is 0.266 e. The lowest BCUT2D eigenvalue weighted by atomic mass is 10.2. The topological polar surface area (TPSA) is 72.3 Å². The van der Waals surface area contributed by atoms with Gasteiger partial charge in [0.15, 0.2) is 5.16 Å². The fourth-order valence-electron chi connectivity index (χ4n) is 4.02. The van der Waals surface area contributed by atoms with E-state index in [0.717, 1.165) is 18.4 Å². The van der Waals surface area contributed by atoms with Gasteiger partial charge in [-0.3, -0.25) is 9.36 Å². The lowest BCUT2D eigenvalue weighted by Gasteiger charge is -2.17. The highest BCUT2D eigenvalue weighted by atomic mass is 32.2. The molecule has 33 heavy (non-hydrogen) atoms. The van der Waals surface area contributed by atoms with Gasteiger partial charge in [0.05, 0.1) is 21.5 Å². The number of fused-ring (bicyclic) bond motifs is 1. The van der Waals surface area contributed by atoms with E-state index in [0.29, 0.717) is 40.6 Å². The van der Waals surface area contributed by atoms with Crippen LogP contribution in [0.2, 0.25) is 0 Å². The average molecular weight is 478 g/mol. The third kappa shape index (κ3) is 4.34. The molecule has 3 aromatic carbocycles. The zero-order valence-corrected chi connectivity index (χ0v) is 19.6. The van der Waals surface area contributed by atoms with Crippen LogP contribution in [-0.2, 0) is 15.8 Å². The van der Waals surface area contributed by atoms with Crippen LogP contribution in [0.15, 0.2) is 93.7 Å². The Morgan fingerprint density at radius 1 is 0.879 bits per heavy atom. The average Bonchev–Trinajstić information content (AvgIpc) is 3.40. The van der Waals surface area contributed by atoms with Crippen LogP contribution in [0.4, 0.5) is 0 Å². The summed E-state index contributed by atoms with van der Waals surface area (Å²) in [4.78, 5) is 18.5. The summed E-state index contributed by atoms with van der Waals surface area (Å²) < 4.78 is 29.3. The molecule has 1 aliphatic rings. The van der Waals surface area contributed by atoms with Gasteiger partial charge in [0.2, 0.25) is 10.0 Å². The number of nitrogens with zero attached hydrogens (tertiary/aromatic N) is 3. The second-order valence-corrected chi connectivity index (χ2v) is 10.8. The molecule has 0 radical (unpaired) electrons. The highest BCUT2D eigenvalue weighted by Gasteiger charge is 2.27. The Balaban J connectivity index is 1.62. The number of hydrogen-bond acceptors (Lipinski definition) is 5. The summed E-state index contributed by atoms with van der Waals surface area (Å²) in [7, 11) is -3.60. The summed E-state index contributed by atoms with van der Waals surface area (Å²) in [5, 5.41) is 1.02. The molecule has 0 atom stereocenters. The standard InChI is InChI=1S/C25H23N3O3S2/c29-24-22-13-4-5-14-23(22)26-25(32-18-19-9-2-1-3-10-19)28(24)20-11-8-12-21(17-20)33(30,31)27-15-6-7-16-27/h1-5,8-14,17H,6-7,15-16,18H2. The van der Waals surface area contributed by atoms with E-state index < -0.39 is 10.0 Å². The predicted molar refractivity (Wildman–Crippen MR) is 131 cm³/mol. The predicted octanol–water partition coefficient (Wildman–Crippen LogP) is 4.46. The quantitative estimate of drug-likeness (QED) is 0.303. The fourth-order valence-corrected chi connectivity index (χ4v) is 6.55.